The number of rotatable bonds is 1. The number of nitrogens with zero attached hydrogens (tertiary/aromatic N) is 2. The summed E-state index contributed by atoms with van der Waals surface area (Å²) >= 11 is 0. The lowest BCUT2D eigenvalue weighted by atomic mass is 10.0. The van der Waals surface area contributed by atoms with E-state index < -0.39 is 0 Å². The molecule has 1 atom stereocenters. The molecular formula is C9H15N2O. The lowest BCUT2D eigenvalue weighted by molar-refractivity contribution is -0.136. The summed E-state index contributed by atoms with van der Waals surface area (Å²) in [5, 5.41) is 4.15. The first-order chi connectivity index (χ1) is 5.88. The zero-order valence-electron chi connectivity index (χ0n) is 7.33. The largest absolute Gasteiger partial charge is 0.341 e. The minimum atomic E-state index is 0.0306. The van der Waals surface area contributed by atoms with Crippen LogP contribution in [0, 0.1) is 0 Å². The fraction of sp³-hybridized carbons (Fsp3) is 0.889. The van der Waals surface area contributed by atoms with E-state index in [1.807, 2.05) is 4.90 Å². The molecule has 0 bridgehead atoms. The first-order valence-corrected chi connectivity index (χ1v) is 4.83. The van der Waals surface area contributed by atoms with Gasteiger partial charge in [0.15, 0.2) is 0 Å². The molecule has 0 spiro atoms. The van der Waals surface area contributed by atoms with Gasteiger partial charge in [-0.3, -0.25) is 4.79 Å². The quantitative estimate of drug-likeness (QED) is 0.556. The number of hydrogen-bond donors (Lipinski definition) is 0. The van der Waals surface area contributed by atoms with E-state index in [0.717, 1.165) is 26.1 Å². The normalized spacial score (nSPS) is 29.7. The SMILES string of the molecule is O=C(C1CC[N]1)N1CCCCC1. The molecule has 0 N–H and O–H groups in total. The summed E-state index contributed by atoms with van der Waals surface area (Å²) in [5.74, 6) is 0.279. The van der Waals surface area contributed by atoms with Gasteiger partial charge < -0.3 is 4.90 Å². The van der Waals surface area contributed by atoms with Crippen LogP contribution in [-0.2, 0) is 4.79 Å². The minimum absolute atomic E-state index is 0.0306. The second-order valence-corrected chi connectivity index (χ2v) is 3.60. The maximum absolute atomic E-state index is 11.6. The average Bonchev–Trinajstić information content (AvgIpc) is 2.03. The fourth-order valence-electron chi connectivity index (χ4n) is 1.78. The number of hydrogen-bond acceptors (Lipinski definition) is 1. The van der Waals surface area contributed by atoms with Crippen molar-refractivity contribution in [2.45, 2.75) is 31.7 Å². The Morgan fingerprint density at radius 3 is 2.42 bits per heavy atom. The van der Waals surface area contributed by atoms with Crippen LogP contribution in [0.2, 0.25) is 0 Å². The van der Waals surface area contributed by atoms with Crippen LogP contribution in [0.5, 0.6) is 0 Å². The highest BCUT2D eigenvalue weighted by Crippen LogP contribution is 2.14. The van der Waals surface area contributed by atoms with Crippen molar-refractivity contribution in [1.82, 2.24) is 10.2 Å². The van der Waals surface area contributed by atoms with Crippen molar-refractivity contribution in [3.63, 3.8) is 0 Å². The Bertz CT molecular complexity index is 171. The van der Waals surface area contributed by atoms with Gasteiger partial charge in [-0.1, -0.05) is 0 Å². The Balaban J connectivity index is 1.84. The van der Waals surface area contributed by atoms with Gasteiger partial charge in [0.25, 0.3) is 0 Å². The van der Waals surface area contributed by atoms with E-state index in [1.54, 1.807) is 0 Å². The van der Waals surface area contributed by atoms with Crippen LogP contribution >= 0.6 is 0 Å². The van der Waals surface area contributed by atoms with Gasteiger partial charge >= 0.3 is 0 Å². The molecule has 2 saturated heterocycles. The maximum Gasteiger partial charge on any atom is 0.241 e. The molecule has 3 heteroatoms. The fourth-order valence-corrected chi connectivity index (χ4v) is 1.78. The van der Waals surface area contributed by atoms with Crippen molar-refractivity contribution >= 4 is 5.91 Å². The van der Waals surface area contributed by atoms with Gasteiger partial charge in [-0.05, 0) is 25.7 Å². The predicted molar refractivity (Wildman–Crippen MR) is 45.8 cm³/mol. The molecule has 1 amide bonds. The summed E-state index contributed by atoms with van der Waals surface area (Å²) in [6.07, 6.45) is 4.62. The monoisotopic (exact) mass is 167 g/mol. The summed E-state index contributed by atoms with van der Waals surface area (Å²) in [4.78, 5) is 13.6. The molecule has 1 radical (unpaired) electrons. The lowest BCUT2D eigenvalue weighted by Crippen LogP contribution is -2.51. The molecule has 0 aromatic heterocycles. The van der Waals surface area contributed by atoms with Gasteiger partial charge in [0.05, 0.1) is 0 Å². The molecule has 2 aliphatic heterocycles. The molecule has 1 unspecified atom stereocenters. The second kappa shape index (κ2) is 3.44. The van der Waals surface area contributed by atoms with E-state index in [9.17, 15) is 4.79 Å². The Kier molecular flexibility index (Phi) is 2.30. The van der Waals surface area contributed by atoms with Gasteiger partial charge in [0.2, 0.25) is 5.91 Å². The second-order valence-electron chi connectivity index (χ2n) is 3.60. The number of amides is 1. The minimum Gasteiger partial charge on any atom is -0.341 e. The Morgan fingerprint density at radius 1 is 1.25 bits per heavy atom. The first kappa shape index (κ1) is 8.05. The highest BCUT2D eigenvalue weighted by Gasteiger charge is 2.30. The average molecular weight is 167 g/mol. The lowest BCUT2D eigenvalue weighted by Gasteiger charge is -2.33. The third-order valence-corrected chi connectivity index (χ3v) is 2.70. The molecule has 0 aromatic rings. The molecule has 3 nitrogen and oxygen atoms in total. The zero-order chi connectivity index (χ0) is 8.39. The number of likely N-dealkylation sites (tertiary alicyclic amines) is 1. The summed E-state index contributed by atoms with van der Waals surface area (Å²) in [6, 6.07) is 0.0306. The predicted octanol–water partition coefficient (Wildman–Crippen LogP) is 0.376. The Hall–Kier alpha value is -0.570. The van der Waals surface area contributed by atoms with E-state index in [0.29, 0.717) is 0 Å². The topological polar surface area (TPSA) is 34.4 Å². The van der Waals surface area contributed by atoms with E-state index in [-0.39, 0.29) is 11.9 Å². The molecule has 0 saturated carbocycles. The van der Waals surface area contributed by atoms with Gasteiger partial charge in [-0.15, -0.1) is 0 Å². The first-order valence-electron chi connectivity index (χ1n) is 4.83. The van der Waals surface area contributed by atoms with Crippen LogP contribution in [0.3, 0.4) is 0 Å². The summed E-state index contributed by atoms with van der Waals surface area (Å²) < 4.78 is 0. The van der Waals surface area contributed by atoms with Crippen LogP contribution in [0.15, 0.2) is 0 Å². The van der Waals surface area contributed by atoms with Crippen LogP contribution < -0.4 is 5.32 Å². The van der Waals surface area contributed by atoms with Crippen LogP contribution in [-0.4, -0.2) is 36.5 Å². The van der Waals surface area contributed by atoms with Gasteiger partial charge in [0, 0.05) is 19.6 Å². The van der Waals surface area contributed by atoms with Crippen molar-refractivity contribution < 1.29 is 4.79 Å². The molecule has 2 fully saturated rings. The summed E-state index contributed by atoms with van der Waals surface area (Å²) in [5.41, 5.74) is 0. The molecule has 67 valence electrons. The molecule has 2 aliphatic rings. The summed E-state index contributed by atoms with van der Waals surface area (Å²) in [6.45, 7) is 2.82. The van der Waals surface area contributed by atoms with Crippen LogP contribution in [0.1, 0.15) is 25.7 Å². The molecule has 0 aromatic carbocycles. The van der Waals surface area contributed by atoms with E-state index in [1.165, 1.54) is 19.3 Å². The zero-order valence-corrected chi connectivity index (χ0v) is 7.33. The van der Waals surface area contributed by atoms with E-state index in [4.69, 9.17) is 0 Å². The smallest absolute Gasteiger partial charge is 0.241 e. The number of carbonyl (C=O) groups is 1. The van der Waals surface area contributed by atoms with Crippen molar-refractivity contribution in [1.29, 1.82) is 0 Å². The van der Waals surface area contributed by atoms with Crippen LogP contribution in [0.4, 0.5) is 0 Å². The van der Waals surface area contributed by atoms with Gasteiger partial charge in [-0.25, -0.2) is 5.32 Å². The molecule has 2 rings (SSSR count). The molecule has 2 heterocycles. The van der Waals surface area contributed by atoms with Crippen molar-refractivity contribution in [2.75, 3.05) is 19.6 Å². The molecule has 12 heavy (non-hydrogen) atoms. The Labute approximate surface area is 73.1 Å². The summed E-state index contributed by atoms with van der Waals surface area (Å²) in [7, 11) is 0. The maximum atomic E-state index is 11.6. The number of piperidine rings is 1. The molecular weight excluding hydrogens is 152 g/mol. The van der Waals surface area contributed by atoms with Gasteiger partial charge in [-0.2, -0.15) is 0 Å². The third-order valence-electron chi connectivity index (χ3n) is 2.70. The van der Waals surface area contributed by atoms with Crippen molar-refractivity contribution in [3.05, 3.63) is 0 Å². The van der Waals surface area contributed by atoms with Crippen molar-refractivity contribution in [2.24, 2.45) is 0 Å². The number of carbonyl (C=O) groups excluding carboxylic acids is 1. The standard InChI is InChI=1S/C9H15N2O/c12-9(8-4-5-10-8)11-6-2-1-3-7-11/h8H,1-7H2. The van der Waals surface area contributed by atoms with E-state index >= 15 is 0 Å². The van der Waals surface area contributed by atoms with Gasteiger partial charge in [0.1, 0.15) is 6.04 Å². The molecule has 0 aliphatic carbocycles. The van der Waals surface area contributed by atoms with Crippen LogP contribution in [0.25, 0.3) is 0 Å². The Morgan fingerprint density at radius 2 is 1.92 bits per heavy atom. The highest BCUT2D eigenvalue weighted by atomic mass is 16.2. The third kappa shape index (κ3) is 1.46. The van der Waals surface area contributed by atoms with E-state index in [2.05, 4.69) is 5.32 Å². The van der Waals surface area contributed by atoms with Crippen molar-refractivity contribution in [3.8, 4) is 0 Å². The highest BCUT2D eigenvalue weighted by molar-refractivity contribution is 5.82.